The molecule has 1 atom stereocenters. The molecule has 4 nitrogen and oxygen atoms in total. The quantitative estimate of drug-likeness (QED) is 0.575. The number of carboxylic acid groups (broad SMARTS) is 2. The van der Waals surface area contributed by atoms with E-state index in [-0.39, 0.29) is 22.6 Å². The molecule has 0 amide bonds. The molecule has 0 fully saturated rings. The third-order valence-electron chi connectivity index (χ3n) is 3.13. The fraction of sp³-hybridized carbons (Fsp3) is 0.692. The molecule has 0 aliphatic heterocycles. The first kappa shape index (κ1) is 16.9. The lowest BCUT2D eigenvalue weighted by Gasteiger charge is -2.30. The molecule has 0 radical (unpaired) electrons. The predicted octanol–water partition coefficient (Wildman–Crippen LogP) is 3.23. The molecule has 1 unspecified atom stereocenters. The lowest BCUT2D eigenvalue weighted by atomic mass is 9.94. The number of hydrogen-bond donors (Lipinski definition) is 2. The summed E-state index contributed by atoms with van der Waals surface area (Å²) < 4.78 is 0. The van der Waals surface area contributed by atoms with Crippen molar-refractivity contribution in [1.29, 1.82) is 0 Å². The van der Waals surface area contributed by atoms with Crippen molar-refractivity contribution in [2.75, 3.05) is 0 Å². The summed E-state index contributed by atoms with van der Waals surface area (Å²) in [7, 11) is -1.77. The number of carbonyl (C=O) groups is 2. The maximum absolute atomic E-state index is 11.5. The number of hydrogen-bond acceptors (Lipinski definition) is 2. The van der Waals surface area contributed by atoms with E-state index in [0.29, 0.717) is 6.42 Å². The molecule has 18 heavy (non-hydrogen) atoms. The maximum Gasteiger partial charge on any atom is 0.332 e. The number of aliphatic carboxylic acids is 2. The Morgan fingerprint density at radius 2 is 1.39 bits per heavy atom. The van der Waals surface area contributed by atoms with Crippen LogP contribution in [0.2, 0.25) is 25.2 Å². The molecule has 0 aliphatic rings. The average Bonchev–Trinajstić information content (AvgIpc) is 2.13. The van der Waals surface area contributed by atoms with Gasteiger partial charge in [-0.05, 0) is 11.5 Å². The van der Waals surface area contributed by atoms with Gasteiger partial charge in [-0.25, -0.2) is 9.59 Å². The molecule has 0 spiro atoms. The van der Waals surface area contributed by atoms with Gasteiger partial charge in [-0.1, -0.05) is 46.8 Å². The fourth-order valence-electron chi connectivity index (χ4n) is 2.37. The summed E-state index contributed by atoms with van der Waals surface area (Å²) >= 11 is 0. The highest BCUT2D eigenvalue weighted by molar-refractivity contribution is 6.78. The maximum atomic E-state index is 11.5. The molecule has 0 rings (SSSR count). The van der Waals surface area contributed by atoms with Crippen molar-refractivity contribution in [2.45, 2.75) is 52.4 Å². The summed E-state index contributed by atoms with van der Waals surface area (Å²) in [5, 5.41) is 18.7. The van der Waals surface area contributed by atoms with E-state index in [0.717, 1.165) is 0 Å². The van der Waals surface area contributed by atoms with Gasteiger partial charge in [0.25, 0.3) is 0 Å². The minimum Gasteiger partial charge on any atom is -0.478 e. The summed E-state index contributed by atoms with van der Waals surface area (Å²) in [4.78, 5) is 22.8. The second-order valence-corrected chi connectivity index (χ2v) is 11.3. The molecule has 0 bridgehead atoms. The van der Waals surface area contributed by atoms with Crippen LogP contribution in [-0.4, -0.2) is 30.2 Å². The van der Waals surface area contributed by atoms with E-state index in [4.69, 9.17) is 0 Å². The first-order chi connectivity index (χ1) is 8.03. The van der Waals surface area contributed by atoms with E-state index < -0.39 is 20.0 Å². The Bertz CT molecular complexity index is 364. The Hall–Kier alpha value is -1.10. The zero-order chi connectivity index (χ0) is 14.7. The van der Waals surface area contributed by atoms with E-state index in [1.165, 1.54) is 0 Å². The molecule has 0 saturated heterocycles. The van der Waals surface area contributed by atoms with Crippen LogP contribution in [0.4, 0.5) is 0 Å². The topological polar surface area (TPSA) is 74.6 Å². The Labute approximate surface area is 110 Å². The Kier molecular flexibility index (Phi) is 5.80. The van der Waals surface area contributed by atoms with Crippen molar-refractivity contribution >= 4 is 20.0 Å². The molecule has 0 saturated carbocycles. The Morgan fingerprint density at radius 3 is 1.56 bits per heavy atom. The first-order valence-electron chi connectivity index (χ1n) is 6.24. The second-order valence-electron chi connectivity index (χ2n) is 5.92. The minimum absolute atomic E-state index is 0.0526. The van der Waals surface area contributed by atoms with Gasteiger partial charge in [0, 0.05) is 11.1 Å². The van der Waals surface area contributed by atoms with Gasteiger partial charge in [-0.15, -0.1) is 0 Å². The summed E-state index contributed by atoms with van der Waals surface area (Å²) in [5.74, 6) is -2.49. The van der Waals surface area contributed by atoms with Crippen LogP contribution < -0.4 is 0 Å². The largest absolute Gasteiger partial charge is 0.478 e. The highest BCUT2D eigenvalue weighted by atomic mass is 28.3. The molecular weight excluding hydrogens is 248 g/mol. The smallest absolute Gasteiger partial charge is 0.332 e. The van der Waals surface area contributed by atoms with Crippen molar-refractivity contribution in [1.82, 2.24) is 0 Å². The predicted molar refractivity (Wildman–Crippen MR) is 74.5 cm³/mol. The standard InChI is InChI=1S/C13H24O4Si/c1-7-9(18(4,5)6)11(13(16)17)10(8(2)3)12(14)15/h8-9H,7H2,1-6H3,(H,14,15)(H,16,17)/b11-10+. The Balaban J connectivity index is 6.03. The van der Waals surface area contributed by atoms with Gasteiger partial charge in [-0.2, -0.15) is 0 Å². The van der Waals surface area contributed by atoms with E-state index in [2.05, 4.69) is 19.6 Å². The van der Waals surface area contributed by atoms with Gasteiger partial charge < -0.3 is 10.2 Å². The van der Waals surface area contributed by atoms with Gasteiger partial charge in [-0.3, -0.25) is 0 Å². The van der Waals surface area contributed by atoms with Crippen LogP contribution in [0, 0.1) is 5.92 Å². The minimum atomic E-state index is -1.77. The zero-order valence-corrected chi connectivity index (χ0v) is 13.1. The van der Waals surface area contributed by atoms with Crippen LogP contribution in [0.15, 0.2) is 11.1 Å². The van der Waals surface area contributed by atoms with E-state index in [9.17, 15) is 19.8 Å². The highest BCUT2D eigenvalue weighted by Crippen LogP contribution is 2.36. The van der Waals surface area contributed by atoms with E-state index in [1.54, 1.807) is 13.8 Å². The van der Waals surface area contributed by atoms with Gasteiger partial charge in [0.05, 0.1) is 8.07 Å². The monoisotopic (exact) mass is 272 g/mol. The van der Waals surface area contributed by atoms with Crippen LogP contribution in [0.1, 0.15) is 27.2 Å². The van der Waals surface area contributed by atoms with Crippen molar-refractivity contribution in [3.63, 3.8) is 0 Å². The normalized spacial score (nSPS) is 15.3. The third-order valence-corrected chi connectivity index (χ3v) is 5.92. The van der Waals surface area contributed by atoms with Crippen LogP contribution in [-0.2, 0) is 9.59 Å². The fourth-order valence-corrected chi connectivity index (χ4v) is 4.74. The Morgan fingerprint density at radius 1 is 1.00 bits per heavy atom. The summed E-state index contributed by atoms with van der Waals surface area (Å²) in [6.07, 6.45) is 0.668. The molecule has 0 aromatic carbocycles. The molecule has 0 heterocycles. The molecule has 5 heteroatoms. The molecule has 0 aromatic heterocycles. The third kappa shape index (κ3) is 3.98. The van der Waals surface area contributed by atoms with Gasteiger partial charge >= 0.3 is 11.9 Å². The zero-order valence-electron chi connectivity index (χ0n) is 12.1. The molecule has 0 aliphatic carbocycles. The van der Waals surface area contributed by atoms with Gasteiger partial charge in [0.1, 0.15) is 0 Å². The molecular formula is C13H24O4Si. The highest BCUT2D eigenvalue weighted by Gasteiger charge is 2.36. The molecule has 2 N–H and O–H groups in total. The lowest BCUT2D eigenvalue weighted by Crippen LogP contribution is -2.33. The van der Waals surface area contributed by atoms with Crippen molar-refractivity contribution in [2.24, 2.45) is 5.92 Å². The van der Waals surface area contributed by atoms with E-state index >= 15 is 0 Å². The van der Waals surface area contributed by atoms with Crippen molar-refractivity contribution in [3.05, 3.63) is 11.1 Å². The van der Waals surface area contributed by atoms with Gasteiger partial charge in [0.15, 0.2) is 0 Å². The molecule has 0 aromatic rings. The average molecular weight is 272 g/mol. The summed E-state index contributed by atoms with van der Waals surface area (Å²) in [6, 6.07) is 0. The van der Waals surface area contributed by atoms with Crippen molar-refractivity contribution in [3.8, 4) is 0 Å². The van der Waals surface area contributed by atoms with Crippen molar-refractivity contribution < 1.29 is 19.8 Å². The summed E-state index contributed by atoms with van der Waals surface area (Å²) in [6.45, 7) is 11.6. The summed E-state index contributed by atoms with van der Waals surface area (Å²) in [5.41, 5.74) is 0.0273. The van der Waals surface area contributed by atoms with Gasteiger partial charge in [0.2, 0.25) is 0 Å². The number of carboxylic acids is 2. The lowest BCUT2D eigenvalue weighted by molar-refractivity contribution is -0.136. The molecule has 104 valence electrons. The first-order valence-corrected chi connectivity index (χ1v) is 9.82. The van der Waals surface area contributed by atoms with Crippen LogP contribution in [0.3, 0.4) is 0 Å². The second kappa shape index (κ2) is 6.18. The van der Waals surface area contributed by atoms with Crippen LogP contribution in [0.25, 0.3) is 0 Å². The van der Waals surface area contributed by atoms with E-state index in [1.807, 2.05) is 6.92 Å². The van der Waals surface area contributed by atoms with Crippen LogP contribution in [0.5, 0.6) is 0 Å². The number of rotatable bonds is 6. The SMILES string of the molecule is CCC(/C(C(=O)O)=C(\C(=O)O)C(C)C)[Si](C)(C)C. The van der Waals surface area contributed by atoms with Crippen LogP contribution >= 0.6 is 0 Å².